The topological polar surface area (TPSA) is 41.1 Å². The monoisotopic (exact) mass is 252 g/mol. The molecule has 0 unspecified atom stereocenters. The fourth-order valence-corrected chi connectivity index (χ4v) is 1.85. The Kier molecular flexibility index (Phi) is 4.40. The van der Waals surface area contributed by atoms with Gasteiger partial charge in [0.05, 0.1) is 10.6 Å². The van der Waals surface area contributed by atoms with Crippen LogP contribution in [-0.2, 0) is 0 Å². The van der Waals surface area contributed by atoms with Crippen molar-refractivity contribution < 1.29 is 4.79 Å². The zero-order valence-electron chi connectivity index (χ0n) is 9.71. The van der Waals surface area contributed by atoms with Gasteiger partial charge in [0.15, 0.2) is 0 Å². The van der Waals surface area contributed by atoms with Gasteiger partial charge in [-0.1, -0.05) is 23.7 Å². The second kappa shape index (κ2) is 6.03. The lowest BCUT2D eigenvalue weighted by Crippen LogP contribution is -2.28. The lowest BCUT2D eigenvalue weighted by molar-refractivity contribution is 0.0953. The van der Waals surface area contributed by atoms with Crippen LogP contribution in [0.4, 0.5) is 0 Å². The molecule has 1 amide bonds. The van der Waals surface area contributed by atoms with Gasteiger partial charge in [-0.05, 0) is 37.9 Å². The van der Waals surface area contributed by atoms with Crippen molar-refractivity contribution in [3.8, 4) is 0 Å². The lowest BCUT2D eigenvalue weighted by Gasteiger charge is -2.07. The smallest absolute Gasteiger partial charge is 0.252 e. The number of rotatable bonds is 6. The molecular weight excluding hydrogens is 236 g/mol. The van der Waals surface area contributed by atoms with E-state index in [1.165, 1.54) is 12.8 Å². The number of nitrogens with one attached hydrogen (secondary N) is 2. The molecule has 0 aliphatic heterocycles. The summed E-state index contributed by atoms with van der Waals surface area (Å²) in [6.45, 7) is 1.65. The quantitative estimate of drug-likeness (QED) is 0.763. The van der Waals surface area contributed by atoms with Crippen LogP contribution in [0, 0.1) is 0 Å². The van der Waals surface area contributed by atoms with Gasteiger partial charge in [-0.15, -0.1) is 0 Å². The molecule has 0 heterocycles. The number of hydrogen-bond acceptors (Lipinski definition) is 2. The average Bonchev–Trinajstić information content (AvgIpc) is 3.13. The van der Waals surface area contributed by atoms with Crippen LogP contribution in [0.5, 0.6) is 0 Å². The first-order chi connectivity index (χ1) is 8.27. The van der Waals surface area contributed by atoms with Crippen molar-refractivity contribution in [2.45, 2.75) is 25.3 Å². The summed E-state index contributed by atoms with van der Waals surface area (Å²) in [5, 5.41) is 6.78. The minimum atomic E-state index is -0.0954. The third-order valence-electron chi connectivity index (χ3n) is 2.77. The van der Waals surface area contributed by atoms with Crippen LogP contribution in [-0.4, -0.2) is 25.0 Å². The Hall–Kier alpha value is -1.06. The summed E-state index contributed by atoms with van der Waals surface area (Å²) >= 11 is 5.94. The maximum Gasteiger partial charge on any atom is 0.252 e. The van der Waals surface area contributed by atoms with E-state index in [0.717, 1.165) is 19.0 Å². The summed E-state index contributed by atoms with van der Waals surface area (Å²) in [6, 6.07) is 7.83. The van der Waals surface area contributed by atoms with Crippen LogP contribution < -0.4 is 10.6 Å². The van der Waals surface area contributed by atoms with Gasteiger partial charge in [-0.25, -0.2) is 0 Å². The highest BCUT2D eigenvalue weighted by molar-refractivity contribution is 6.33. The van der Waals surface area contributed by atoms with Gasteiger partial charge >= 0.3 is 0 Å². The van der Waals surface area contributed by atoms with Crippen LogP contribution >= 0.6 is 11.6 Å². The molecule has 2 N–H and O–H groups in total. The summed E-state index contributed by atoms with van der Waals surface area (Å²) in [6.07, 6.45) is 3.55. The van der Waals surface area contributed by atoms with E-state index in [0.29, 0.717) is 17.1 Å². The van der Waals surface area contributed by atoms with E-state index in [2.05, 4.69) is 10.6 Å². The Bertz CT molecular complexity index is 391. The molecule has 0 atom stereocenters. The van der Waals surface area contributed by atoms with Crippen LogP contribution in [0.3, 0.4) is 0 Å². The largest absolute Gasteiger partial charge is 0.352 e. The first-order valence-electron chi connectivity index (χ1n) is 6.03. The number of carbonyl (C=O) groups is 1. The minimum absolute atomic E-state index is 0.0954. The van der Waals surface area contributed by atoms with Crippen molar-refractivity contribution in [2.24, 2.45) is 0 Å². The van der Waals surface area contributed by atoms with Crippen LogP contribution in [0.15, 0.2) is 24.3 Å². The molecular formula is C13H17ClN2O. The zero-order chi connectivity index (χ0) is 12.1. The summed E-state index contributed by atoms with van der Waals surface area (Å²) in [4.78, 5) is 11.8. The summed E-state index contributed by atoms with van der Waals surface area (Å²) in [7, 11) is 0. The molecule has 0 bridgehead atoms. The van der Waals surface area contributed by atoms with Crippen molar-refractivity contribution >= 4 is 17.5 Å². The molecule has 1 aromatic rings. The van der Waals surface area contributed by atoms with Gasteiger partial charge in [0, 0.05) is 12.6 Å². The molecule has 0 radical (unpaired) electrons. The summed E-state index contributed by atoms with van der Waals surface area (Å²) in [5.74, 6) is -0.0954. The fourth-order valence-electron chi connectivity index (χ4n) is 1.62. The molecule has 0 aromatic heterocycles. The van der Waals surface area contributed by atoms with Crippen LogP contribution in [0.25, 0.3) is 0 Å². The molecule has 1 aromatic carbocycles. The van der Waals surface area contributed by atoms with Crippen molar-refractivity contribution in [3.05, 3.63) is 34.9 Å². The molecule has 1 aliphatic rings. The van der Waals surface area contributed by atoms with Gasteiger partial charge < -0.3 is 10.6 Å². The molecule has 17 heavy (non-hydrogen) atoms. The van der Waals surface area contributed by atoms with Crippen LogP contribution in [0.1, 0.15) is 29.6 Å². The molecule has 1 fully saturated rings. The average molecular weight is 253 g/mol. The number of hydrogen-bond donors (Lipinski definition) is 2. The molecule has 4 heteroatoms. The van der Waals surface area contributed by atoms with E-state index >= 15 is 0 Å². The van der Waals surface area contributed by atoms with Crippen LogP contribution in [0.2, 0.25) is 5.02 Å². The zero-order valence-corrected chi connectivity index (χ0v) is 10.5. The standard InChI is InChI=1S/C13H17ClN2O/c14-12-5-2-1-4-11(12)13(17)16-9-3-8-15-10-6-7-10/h1-2,4-5,10,15H,3,6-9H2,(H,16,17). The summed E-state index contributed by atoms with van der Waals surface area (Å²) in [5.41, 5.74) is 0.546. The van der Waals surface area contributed by atoms with Crippen molar-refractivity contribution in [1.82, 2.24) is 10.6 Å². The van der Waals surface area contributed by atoms with Crippen molar-refractivity contribution in [3.63, 3.8) is 0 Å². The van der Waals surface area contributed by atoms with Gasteiger partial charge in [0.2, 0.25) is 0 Å². The van der Waals surface area contributed by atoms with Crippen molar-refractivity contribution in [2.75, 3.05) is 13.1 Å². The third-order valence-corrected chi connectivity index (χ3v) is 3.10. The number of carbonyl (C=O) groups excluding carboxylic acids is 1. The van der Waals surface area contributed by atoms with Gasteiger partial charge in [0.25, 0.3) is 5.91 Å². The molecule has 1 saturated carbocycles. The Labute approximate surface area is 107 Å². The maximum atomic E-state index is 11.8. The van der Waals surface area contributed by atoms with E-state index in [-0.39, 0.29) is 5.91 Å². The van der Waals surface area contributed by atoms with E-state index in [1.807, 2.05) is 12.1 Å². The Morgan fingerprint density at radius 3 is 2.76 bits per heavy atom. The number of amides is 1. The van der Waals surface area contributed by atoms with Gasteiger partial charge in [-0.2, -0.15) is 0 Å². The van der Waals surface area contributed by atoms with E-state index in [1.54, 1.807) is 12.1 Å². The molecule has 0 spiro atoms. The number of halogens is 1. The molecule has 92 valence electrons. The highest BCUT2D eigenvalue weighted by Crippen LogP contribution is 2.18. The van der Waals surface area contributed by atoms with E-state index < -0.39 is 0 Å². The maximum absolute atomic E-state index is 11.8. The normalized spacial score (nSPS) is 14.6. The first kappa shape index (κ1) is 12.4. The molecule has 1 aliphatic carbocycles. The molecule has 3 nitrogen and oxygen atoms in total. The molecule has 0 saturated heterocycles. The van der Waals surface area contributed by atoms with Crippen molar-refractivity contribution in [1.29, 1.82) is 0 Å². The predicted octanol–water partition coefficient (Wildman–Crippen LogP) is 2.21. The Morgan fingerprint density at radius 2 is 2.06 bits per heavy atom. The lowest BCUT2D eigenvalue weighted by atomic mass is 10.2. The second-order valence-corrected chi connectivity index (χ2v) is 4.72. The number of benzene rings is 1. The van der Waals surface area contributed by atoms with Gasteiger partial charge in [-0.3, -0.25) is 4.79 Å². The Balaban J connectivity index is 1.67. The minimum Gasteiger partial charge on any atom is -0.352 e. The highest BCUT2D eigenvalue weighted by Gasteiger charge is 2.19. The summed E-state index contributed by atoms with van der Waals surface area (Å²) < 4.78 is 0. The predicted molar refractivity (Wildman–Crippen MR) is 69.4 cm³/mol. The molecule has 2 rings (SSSR count). The van der Waals surface area contributed by atoms with Gasteiger partial charge in [0.1, 0.15) is 0 Å². The SMILES string of the molecule is O=C(NCCCNC1CC1)c1ccccc1Cl. The first-order valence-corrected chi connectivity index (χ1v) is 6.41. The Morgan fingerprint density at radius 1 is 1.29 bits per heavy atom. The van der Waals surface area contributed by atoms with E-state index in [4.69, 9.17) is 11.6 Å². The third kappa shape index (κ3) is 4.02. The van der Waals surface area contributed by atoms with E-state index in [9.17, 15) is 4.79 Å². The fraction of sp³-hybridized carbons (Fsp3) is 0.462. The highest BCUT2D eigenvalue weighted by atomic mass is 35.5. The second-order valence-electron chi connectivity index (χ2n) is 4.32.